The number of carbonyl (C=O) groups excluding carboxylic acids is 1. The van der Waals surface area contributed by atoms with Crippen LogP contribution in [0.1, 0.15) is 42.9 Å². The average molecular weight is 429 g/mol. The molecule has 1 saturated heterocycles. The van der Waals surface area contributed by atoms with Crippen LogP contribution >= 0.6 is 0 Å². The monoisotopic (exact) mass is 428 g/mol. The number of aromatic nitrogens is 2. The van der Waals surface area contributed by atoms with E-state index in [1.54, 1.807) is 18.2 Å². The van der Waals surface area contributed by atoms with Gasteiger partial charge in [-0.25, -0.2) is 8.42 Å². The molecule has 30 heavy (non-hydrogen) atoms. The van der Waals surface area contributed by atoms with E-state index in [0.717, 1.165) is 17.7 Å². The predicted octanol–water partition coefficient (Wildman–Crippen LogP) is 2.33. The number of amides is 1. The van der Waals surface area contributed by atoms with Crippen molar-refractivity contribution in [3.05, 3.63) is 41.6 Å². The van der Waals surface area contributed by atoms with Gasteiger partial charge < -0.3 is 10.1 Å². The van der Waals surface area contributed by atoms with Gasteiger partial charge in [0.2, 0.25) is 21.8 Å². The fourth-order valence-corrected chi connectivity index (χ4v) is 5.61. The largest absolute Gasteiger partial charge is 0.476 e. The molecule has 1 aromatic carbocycles. The first kappa shape index (κ1) is 19.4. The van der Waals surface area contributed by atoms with Crippen LogP contribution < -0.4 is 10.1 Å². The molecule has 8 nitrogen and oxygen atoms in total. The predicted molar refractivity (Wildman–Crippen MR) is 110 cm³/mol. The van der Waals surface area contributed by atoms with Crippen molar-refractivity contribution in [2.45, 2.75) is 42.9 Å². The van der Waals surface area contributed by atoms with Gasteiger partial charge in [0.1, 0.15) is 0 Å². The number of anilines is 1. The summed E-state index contributed by atoms with van der Waals surface area (Å²) in [6, 6.07) is 8.74. The summed E-state index contributed by atoms with van der Waals surface area (Å²) in [6.45, 7) is 1.31. The van der Waals surface area contributed by atoms with Crippen LogP contribution in [0.25, 0.3) is 0 Å². The fourth-order valence-electron chi connectivity index (χ4n) is 4.03. The van der Waals surface area contributed by atoms with Gasteiger partial charge in [-0.3, -0.25) is 4.79 Å². The van der Waals surface area contributed by atoms with Gasteiger partial charge >= 0.3 is 0 Å². The summed E-state index contributed by atoms with van der Waals surface area (Å²) in [5.74, 6) is 1.12. The van der Waals surface area contributed by atoms with Crippen molar-refractivity contribution >= 4 is 21.6 Å². The number of nitrogens with one attached hydrogen (secondary N) is 1. The van der Waals surface area contributed by atoms with E-state index in [1.165, 1.54) is 17.1 Å². The Morgan fingerprint density at radius 2 is 1.97 bits per heavy atom. The summed E-state index contributed by atoms with van der Waals surface area (Å²) in [7, 11) is -3.57. The maximum Gasteiger partial charge on any atom is 0.243 e. The molecule has 158 valence electrons. The van der Waals surface area contributed by atoms with E-state index in [4.69, 9.17) is 4.74 Å². The molecular formula is C21H24N4O4S. The minimum absolute atomic E-state index is 0.0349. The SMILES string of the molecule is O=C1CCc2cc(S(=O)(=O)N3CCC(COc4ccc(C5CC5)nn4)C3)ccc2N1. The van der Waals surface area contributed by atoms with Crippen LogP contribution in [-0.4, -0.2) is 48.5 Å². The van der Waals surface area contributed by atoms with Crippen molar-refractivity contribution in [1.82, 2.24) is 14.5 Å². The van der Waals surface area contributed by atoms with Crippen molar-refractivity contribution in [2.24, 2.45) is 5.92 Å². The van der Waals surface area contributed by atoms with Gasteiger partial charge in [-0.05, 0) is 55.5 Å². The van der Waals surface area contributed by atoms with Crippen LogP contribution in [0.4, 0.5) is 5.69 Å². The Morgan fingerprint density at radius 3 is 2.73 bits per heavy atom. The van der Waals surface area contributed by atoms with Crippen molar-refractivity contribution in [3.8, 4) is 5.88 Å². The number of benzene rings is 1. The maximum absolute atomic E-state index is 13.1. The van der Waals surface area contributed by atoms with E-state index in [9.17, 15) is 13.2 Å². The van der Waals surface area contributed by atoms with Crippen molar-refractivity contribution in [3.63, 3.8) is 0 Å². The Bertz CT molecular complexity index is 1070. The van der Waals surface area contributed by atoms with E-state index in [0.29, 0.717) is 50.0 Å². The molecule has 1 aromatic heterocycles. The number of nitrogens with zero attached hydrogens (tertiary/aromatic N) is 3. The lowest BCUT2D eigenvalue weighted by Gasteiger charge is -2.20. The smallest absolute Gasteiger partial charge is 0.243 e. The minimum atomic E-state index is -3.57. The van der Waals surface area contributed by atoms with Gasteiger partial charge in [0, 0.05) is 43.1 Å². The molecule has 1 amide bonds. The zero-order valence-electron chi connectivity index (χ0n) is 16.6. The van der Waals surface area contributed by atoms with Gasteiger partial charge in [0.25, 0.3) is 0 Å². The summed E-state index contributed by atoms with van der Waals surface area (Å²) < 4.78 is 33.5. The Labute approximate surface area is 175 Å². The van der Waals surface area contributed by atoms with Crippen LogP contribution in [0.3, 0.4) is 0 Å². The molecule has 2 aliphatic heterocycles. The highest BCUT2D eigenvalue weighted by atomic mass is 32.2. The maximum atomic E-state index is 13.1. The number of hydrogen-bond acceptors (Lipinski definition) is 6. The lowest BCUT2D eigenvalue weighted by molar-refractivity contribution is -0.116. The molecule has 1 N–H and O–H groups in total. The van der Waals surface area contributed by atoms with Crippen LogP contribution in [-0.2, 0) is 21.2 Å². The number of hydrogen-bond donors (Lipinski definition) is 1. The summed E-state index contributed by atoms with van der Waals surface area (Å²) in [5.41, 5.74) is 2.58. The summed E-state index contributed by atoms with van der Waals surface area (Å²) in [5, 5.41) is 11.1. The first-order chi connectivity index (χ1) is 14.5. The van der Waals surface area contributed by atoms with Crippen molar-refractivity contribution in [2.75, 3.05) is 25.0 Å². The van der Waals surface area contributed by atoms with E-state index in [-0.39, 0.29) is 16.7 Å². The molecule has 1 unspecified atom stereocenters. The number of carbonyl (C=O) groups is 1. The van der Waals surface area contributed by atoms with Crippen LogP contribution in [0.2, 0.25) is 0 Å². The first-order valence-electron chi connectivity index (χ1n) is 10.4. The topological polar surface area (TPSA) is 101 Å². The number of ether oxygens (including phenoxy) is 1. The minimum Gasteiger partial charge on any atom is -0.476 e. The zero-order chi connectivity index (χ0) is 20.7. The van der Waals surface area contributed by atoms with Crippen LogP contribution in [0, 0.1) is 5.92 Å². The highest BCUT2D eigenvalue weighted by Gasteiger charge is 2.33. The number of fused-ring (bicyclic) bond motifs is 1. The molecule has 0 bridgehead atoms. The highest BCUT2D eigenvalue weighted by molar-refractivity contribution is 7.89. The van der Waals surface area contributed by atoms with E-state index in [1.807, 2.05) is 12.1 Å². The second kappa shape index (κ2) is 7.63. The Morgan fingerprint density at radius 1 is 1.10 bits per heavy atom. The normalized spacial score (nSPS) is 21.9. The Kier molecular flexibility index (Phi) is 4.94. The van der Waals surface area contributed by atoms with Crippen molar-refractivity contribution in [1.29, 1.82) is 0 Å². The third-order valence-electron chi connectivity index (χ3n) is 5.98. The van der Waals surface area contributed by atoms with E-state index < -0.39 is 10.0 Å². The fraction of sp³-hybridized carbons (Fsp3) is 0.476. The highest BCUT2D eigenvalue weighted by Crippen LogP contribution is 2.38. The van der Waals surface area contributed by atoms with E-state index in [2.05, 4.69) is 15.5 Å². The van der Waals surface area contributed by atoms with Crippen LogP contribution in [0.15, 0.2) is 35.2 Å². The van der Waals surface area contributed by atoms with Gasteiger partial charge in [-0.15, -0.1) is 5.10 Å². The van der Waals surface area contributed by atoms with Gasteiger partial charge in [0.05, 0.1) is 17.2 Å². The summed E-state index contributed by atoms with van der Waals surface area (Å²) in [6.07, 6.45) is 4.04. The quantitative estimate of drug-likeness (QED) is 0.758. The van der Waals surface area contributed by atoms with Crippen LogP contribution in [0.5, 0.6) is 5.88 Å². The summed E-state index contributed by atoms with van der Waals surface area (Å²) in [4.78, 5) is 11.8. The average Bonchev–Trinajstić information content (AvgIpc) is 3.49. The molecule has 9 heteroatoms. The molecule has 2 fully saturated rings. The molecular weight excluding hydrogens is 404 g/mol. The van der Waals surface area contributed by atoms with Gasteiger partial charge in [0.15, 0.2) is 0 Å². The molecule has 3 aliphatic rings. The third kappa shape index (κ3) is 3.91. The molecule has 0 spiro atoms. The lowest BCUT2D eigenvalue weighted by atomic mass is 10.0. The zero-order valence-corrected chi connectivity index (χ0v) is 17.4. The number of sulfonamides is 1. The standard InChI is InChI=1S/C21H24N4O4S/c26-20-7-3-16-11-17(4-5-18(16)22-20)30(27,28)25-10-9-14(12-25)13-29-21-8-6-19(23-24-21)15-1-2-15/h4-6,8,11,14-15H,1-3,7,9-10,12-13H2,(H,22,26). The second-order valence-corrected chi connectivity index (χ2v) is 10.2. The van der Waals surface area contributed by atoms with E-state index >= 15 is 0 Å². The second-order valence-electron chi connectivity index (χ2n) is 8.27. The molecule has 3 heterocycles. The molecule has 1 saturated carbocycles. The van der Waals surface area contributed by atoms with Gasteiger partial charge in [-0.1, -0.05) is 0 Å². The molecule has 1 aliphatic carbocycles. The molecule has 5 rings (SSSR count). The Hall–Kier alpha value is -2.52. The lowest BCUT2D eigenvalue weighted by Crippen LogP contribution is -2.30. The van der Waals surface area contributed by atoms with Gasteiger partial charge in [-0.2, -0.15) is 9.40 Å². The summed E-state index contributed by atoms with van der Waals surface area (Å²) >= 11 is 0. The molecule has 0 radical (unpaired) electrons. The first-order valence-corrected chi connectivity index (χ1v) is 11.8. The molecule has 2 aromatic rings. The third-order valence-corrected chi connectivity index (χ3v) is 7.84. The Balaban J connectivity index is 1.21. The number of aryl methyl sites for hydroxylation is 1. The number of rotatable bonds is 6. The van der Waals surface area contributed by atoms with Crippen molar-refractivity contribution < 1.29 is 17.9 Å². The molecule has 1 atom stereocenters.